The SMILES string of the molecule is C=C(C(F)(F)F)C(F)(F)OC. The average molecular weight is 176 g/mol. The van der Waals surface area contributed by atoms with Crippen molar-refractivity contribution in [1.82, 2.24) is 0 Å². The first kappa shape index (κ1) is 10.3. The van der Waals surface area contributed by atoms with Crippen LogP contribution in [-0.4, -0.2) is 19.4 Å². The maximum Gasteiger partial charge on any atom is 0.420 e. The molecule has 6 heteroatoms. The summed E-state index contributed by atoms with van der Waals surface area (Å²) < 4.78 is 61.7. The summed E-state index contributed by atoms with van der Waals surface area (Å²) in [6.07, 6.45) is -9.46. The van der Waals surface area contributed by atoms with Gasteiger partial charge in [-0.3, -0.25) is 0 Å². The second-order valence-corrected chi connectivity index (χ2v) is 1.70. The van der Waals surface area contributed by atoms with Crippen molar-refractivity contribution in [3.8, 4) is 0 Å². The lowest BCUT2D eigenvalue weighted by Crippen LogP contribution is -2.30. The minimum Gasteiger partial charge on any atom is -0.320 e. The van der Waals surface area contributed by atoms with Crippen LogP contribution < -0.4 is 0 Å². The molecule has 0 amide bonds. The van der Waals surface area contributed by atoms with Crippen LogP contribution in [0.3, 0.4) is 0 Å². The lowest BCUT2D eigenvalue weighted by atomic mass is 10.3. The van der Waals surface area contributed by atoms with Gasteiger partial charge in [-0.05, 0) is 0 Å². The van der Waals surface area contributed by atoms with E-state index in [4.69, 9.17) is 0 Å². The van der Waals surface area contributed by atoms with Gasteiger partial charge in [-0.2, -0.15) is 22.0 Å². The zero-order valence-corrected chi connectivity index (χ0v) is 5.51. The first-order chi connectivity index (χ1) is 4.72. The first-order valence-electron chi connectivity index (χ1n) is 2.41. The van der Waals surface area contributed by atoms with Gasteiger partial charge >= 0.3 is 12.3 Å². The topological polar surface area (TPSA) is 9.23 Å². The van der Waals surface area contributed by atoms with Crippen LogP contribution in [0.1, 0.15) is 0 Å². The van der Waals surface area contributed by atoms with E-state index in [9.17, 15) is 22.0 Å². The monoisotopic (exact) mass is 176 g/mol. The molecule has 0 rings (SSSR count). The fourth-order valence-electron chi connectivity index (χ4n) is 0.288. The van der Waals surface area contributed by atoms with Crippen molar-refractivity contribution in [2.75, 3.05) is 7.11 Å². The Morgan fingerprint density at radius 3 is 1.64 bits per heavy atom. The van der Waals surface area contributed by atoms with Gasteiger partial charge < -0.3 is 4.74 Å². The van der Waals surface area contributed by atoms with Gasteiger partial charge in [0.05, 0.1) is 0 Å². The van der Waals surface area contributed by atoms with Crippen molar-refractivity contribution in [3.63, 3.8) is 0 Å². The Morgan fingerprint density at radius 2 is 1.55 bits per heavy atom. The highest BCUT2D eigenvalue weighted by atomic mass is 19.4. The Bertz CT molecular complexity index is 159. The molecule has 0 aliphatic rings. The minimum absolute atomic E-state index is 0.469. The molecule has 0 aliphatic carbocycles. The molecule has 11 heavy (non-hydrogen) atoms. The largest absolute Gasteiger partial charge is 0.420 e. The van der Waals surface area contributed by atoms with Gasteiger partial charge in [-0.1, -0.05) is 6.58 Å². The van der Waals surface area contributed by atoms with Gasteiger partial charge in [0.2, 0.25) is 0 Å². The average Bonchev–Trinajstić information content (AvgIpc) is 1.84. The highest BCUT2D eigenvalue weighted by Crippen LogP contribution is 2.36. The fourth-order valence-corrected chi connectivity index (χ4v) is 0.288. The molecule has 0 N–H and O–H groups in total. The van der Waals surface area contributed by atoms with Crippen molar-refractivity contribution in [2.24, 2.45) is 0 Å². The highest BCUT2D eigenvalue weighted by Gasteiger charge is 2.49. The van der Waals surface area contributed by atoms with Crippen molar-refractivity contribution in [3.05, 3.63) is 12.2 Å². The predicted molar refractivity (Wildman–Crippen MR) is 27.2 cm³/mol. The van der Waals surface area contributed by atoms with Crippen LogP contribution in [0.4, 0.5) is 22.0 Å². The van der Waals surface area contributed by atoms with E-state index < -0.39 is 17.9 Å². The normalized spacial score (nSPS) is 13.3. The van der Waals surface area contributed by atoms with E-state index in [1.807, 2.05) is 0 Å². The fraction of sp³-hybridized carbons (Fsp3) is 0.600. The third-order valence-electron chi connectivity index (χ3n) is 0.950. The Morgan fingerprint density at radius 1 is 1.18 bits per heavy atom. The van der Waals surface area contributed by atoms with E-state index in [-0.39, 0.29) is 0 Å². The van der Waals surface area contributed by atoms with Gasteiger partial charge in [-0.25, -0.2) is 0 Å². The molecule has 0 bridgehead atoms. The van der Waals surface area contributed by atoms with Crippen molar-refractivity contribution >= 4 is 0 Å². The van der Waals surface area contributed by atoms with Crippen LogP contribution in [0.25, 0.3) is 0 Å². The number of halogens is 5. The summed E-state index contributed by atoms with van der Waals surface area (Å²) in [7, 11) is 0.469. The van der Waals surface area contributed by atoms with Crippen molar-refractivity contribution < 1.29 is 26.7 Å². The van der Waals surface area contributed by atoms with E-state index in [1.165, 1.54) is 0 Å². The van der Waals surface area contributed by atoms with E-state index in [1.54, 1.807) is 0 Å². The zero-order valence-electron chi connectivity index (χ0n) is 5.51. The summed E-state index contributed by atoms with van der Waals surface area (Å²) in [5.41, 5.74) is -2.20. The number of methoxy groups -OCH3 is 1. The quantitative estimate of drug-likeness (QED) is 0.463. The van der Waals surface area contributed by atoms with Crippen LogP contribution in [0.5, 0.6) is 0 Å². The molecule has 0 aliphatic heterocycles. The van der Waals surface area contributed by atoms with Crippen LogP contribution in [0, 0.1) is 0 Å². The molecule has 0 aromatic carbocycles. The van der Waals surface area contributed by atoms with E-state index in [2.05, 4.69) is 11.3 Å². The molecule has 0 radical (unpaired) electrons. The molecule has 0 spiro atoms. The van der Waals surface area contributed by atoms with E-state index >= 15 is 0 Å². The second kappa shape index (κ2) is 2.77. The molecule has 0 unspecified atom stereocenters. The van der Waals surface area contributed by atoms with Crippen molar-refractivity contribution in [1.29, 1.82) is 0 Å². The van der Waals surface area contributed by atoms with E-state index in [0.29, 0.717) is 7.11 Å². The summed E-state index contributed by atoms with van der Waals surface area (Å²) in [6, 6.07) is 0. The summed E-state index contributed by atoms with van der Waals surface area (Å²) in [6.45, 7) is 2.17. The molecule has 0 saturated carbocycles. The Labute approximate surface area is 59.5 Å². The van der Waals surface area contributed by atoms with E-state index in [0.717, 1.165) is 0 Å². The first-order valence-corrected chi connectivity index (χ1v) is 2.41. The molecular weight excluding hydrogens is 171 g/mol. The van der Waals surface area contributed by atoms with Crippen LogP contribution >= 0.6 is 0 Å². The van der Waals surface area contributed by atoms with Gasteiger partial charge in [0.1, 0.15) is 5.57 Å². The van der Waals surface area contributed by atoms with Gasteiger partial charge in [0.25, 0.3) is 0 Å². The number of rotatable bonds is 2. The summed E-state index contributed by atoms with van der Waals surface area (Å²) in [4.78, 5) is 0. The maximum atomic E-state index is 12.0. The Hall–Kier alpha value is -0.650. The lowest BCUT2D eigenvalue weighted by molar-refractivity contribution is -0.229. The van der Waals surface area contributed by atoms with Crippen LogP contribution in [0.2, 0.25) is 0 Å². The summed E-state index contributed by atoms with van der Waals surface area (Å²) >= 11 is 0. The molecule has 1 nitrogen and oxygen atoms in total. The molecule has 0 saturated heterocycles. The van der Waals surface area contributed by atoms with Crippen LogP contribution in [-0.2, 0) is 4.74 Å². The third-order valence-corrected chi connectivity index (χ3v) is 0.950. The molecule has 0 atom stereocenters. The molecular formula is C5H5F5O. The highest BCUT2D eigenvalue weighted by molar-refractivity contribution is 5.09. The summed E-state index contributed by atoms with van der Waals surface area (Å²) in [5, 5.41) is 0. The Balaban J connectivity index is 4.50. The smallest absolute Gasteiger partial charge is 0.320 e. The third kappa shape index (κ3) is 2.45. The molecule has 0 heterocycles. The molecule has 66 valence electrons. The number of hydrogen-bond acceptors (Lipinski definition) is 1. The maximum absolute atomic E-state index is 12.0. The van der Waals surface area contributed by atoms with Crippen molar-refractivity contribution in [2.45, 2.75) is 12.3 Å². The lowest BCUT2D eigenvalue weighted by Gasteiger charge is -2.18. The van der Waals surface area contributed by atoms with Gasteiger partial charge in [0, 0.05) is 7.11 Å². The number of alkyl halides is 5. The van der Waals surface area contributed by atoms with Gasteiger partial charge in [0.15, 0.2) is 0 Å². The number of ether oxygens (including phenoxy) is 1. The van der Waals surface area contributed by atoms with Gasteiger partial charge in [-0.15, -0.1) is 0 Å². The zero-order chi connectivity index (χ0) is 9.28. The standard InChI is InChI=1S/C5H5F5O/c1-3(4(6,7)8)5(9,10)11-2/h1H2,2H3. The molecule has 0 aromatic rings. The molecule has 0 aromatic heterocycles. The molecule has 0 fully saturated rings. The number of hydrogen-bond donors (Lipinski definition) is 0. The predicted octanol–water partition coefficient (Wildman–Crippen LogP) is 2.34. The summed E-state index contributed by atoms with van der Waals surface area (Å²) in [5.74, 6) is 0. The minimum atomic E-state index is -5.13. The van der Waals surface area contributed by atoms with Crippen LogP contribution in [0.15, 0.2) is 12.2 Å². The second-order valence-electron chi connectivity index (χ2n) is 1.70. The Kier molecular flexibility index (Phi) is 2.60.